The van der Waals surface area contributed by atoms with Gasteiger partial charge in [-0.1, -0.05) is 0 Å². The van der Waals surface area contributed by atoms with Crippen LogP contribution in [0, 0.1) is 0 Å². The zero-order chi connectivity index (χ0) is 12.8. The number of nitrogens with one attached hydrogen (secondary N) is 1. The molecule has 1 rings (SSSR count). The highest BCUT2D eigenvalue weighted by Crippen LogP contribution is 2.06. The highest BCUT2D eigenvalue weighted by molar-refractivity contribution is 5.82. The fraction of sp³-hybridized carbons (Fsp3) is 0.818. The maximum Gasteiger partial charge on any atom is 0.325 e. The first-order chi connectivity index (χ1) is 8.00. The number of hydrogen-bond donors (Lipinski definition) is 2. The Labute approximate surface area is 102 Å². The topological polar surface area (TPSA) is 72.9 Å². The predicted molar refractivity (Wildman–Crippen MR) is 63.9 cm³/mol. The summed E-state index contributed by atoms with van der Waals surface area (Å²) < 4.78 is 0. The zero-order valence-corrected chi connectivity index (χ0v) is 10.5. The lowest BCUT2D eigenvalue weighted by atomic mass is 10.3. The van der Waals surface area contributed by atoms with Gasteiger partial charge in [0.15, 0.2) is 0 Å². The van der Waals surface area contributed by atoms with Crippen molar-refractivity contribution in [2.24, 2.45) is 0 Å². The van der Waals surface area contributed by atoms with Crippen molar-refractivity contribution in [3.8, 4) is 0 Å². The van der Waals surface area contributed by atoms with E-state index in [1.807, 2.05) is 0 Å². The number of hydrogen-bond acceptors (Lipinski definition) is 3. The summed E-state index contributed by atoms with van der Waals surface area (Å²) in [5, 5.41) is 11.1. The van der Waals surface area contributed by atoms with Crippen molar-refractivity contribution < 1.29 is 14.7 Å². The monoisotopic (exact) mass is 243 g/mol. The van der Waals surface area contributed by atoms with Crippen LogP contribution in [0.2, 0.25) is 0 Å². The maximum absolute atomic E-state index is 11.6. The molecule has 1 heterocycles. The zero-order valence-electron chi connectivity index (χ0n) is 10.5. The number of carboxylic acid groups (broad SMARTS) is 1. The molecule has 2 N–H and O–H groups in total. The maximum atomic E-state index is 11.6. The minimum absolute atomic E-state index is 0.334. The largest absolute Gasteiger partial charge is 0.480 e. The van der Waals surface area contributed by atoms with E-state index in [0.717, 1.165) is 19.6 Å². The lowest BCUT2D eigenvalue weighted by molar-refractivity contribution is -0.138. The van der Waals surface area contributed by atoms with Crippen LogP contribution in [-0.2, 0) is 4.79 Å². The first kappa shape index (κ1) is 13.8. The van der Waals surface area contributed by atoms with Crippen LogP contribution in [0.3, 0.4) is 0 Å². The third-order valence-corrected chi connectivity index (χ3v) is 3.01. The van der Waals surface area contributed by atoms with Crippen LogP contribution in [0.1, 0.15) is 19.8 Å². The number of likely N-dealkylation sites (tertiary alicyclic amines) is 1. The Bertz CT molecular complexity index is 277. The Morgan fingerprint density at radius 1 is 1.41 bits per heavy atom. The van der Waals surface area contributed by atoms with E-state index in [9.17, 15) is 9.59 Å². The van der Waals surface area contributed by atoms with Crippen LogP contribution in [0.5, 0.6) is 0 Å². The van der Waals surface area contributed by atoms with Crippen molar-refractivity contribution in [1.29, 1.82) is 0 Å². The predicted octanol–water partition coefficient (Wildman–Crippen LogP) is 0.197. The fourth-order valence-corrected chi connectivity index (χ4v) is 1.76. The van der Waals surface area contributed by atoms with E-state index < -0.39 is 12.0 Å². The van der Waals surface area contributed by atoms with Gasteiger partial charge in [0.2, 0.25) is 0 Å². The molecule has 1 aliphatic rings. The third kappa shape index (κ3) is 4.60. The standard InChI is InChI=1S/C11H21N3O3/c1-9(10(15)16)12-11(17)13(2)7-8-14-5-3-4-6-14/h9H,3-8H2,1-2H3,(H,12,17)(H,15,16). The van der Waals surface area contributed by atoms with E-state index in [1.165, 1.54) is 24.7 Å². The summed E-state index contributed by atoms with van der Waals surface area (Å²) in [7, 11) is 1.68. The van der Waals surface area contributed by atoms with Gasteiger partial charge in [-0.2, -0.15) is 0 Å². The molecule has 0 saturated carbocycles. The minimum Gasteiger partial charge on any atom is -0.480 e. The number of nitrogens with zero attached hydrogens (tertiary/aromatic N) is 2. The lowest BCUT2D eigenvalue weighted by Crippen LogP contribution is -2.46. The number of aliphatic carboxylic acids is 1. The smallest absolute Gasteiger partial charge is 0.325 e. The molecule has 1 atom stereocenters. The highest BCUT2D eigenvalue weighted by Gasteiger charge is 2.18. The molecular weight excluding hydrogens is 222 g/mol. The van der Waals surface area contributed by atoms with Crippen LogP contribution in [0.4, 0.5) is 4.79 Å². The molecule has 2 amide bonds. The van der Waals surface area contributed by atoms with Crippen LogP contribution in [0.25, 0.3) is 0 Å². The molecule has 1 fully saturated rings. The van der Waals surface area contributed by atoms with Crippen LogP contribution < -0.4 is 5.32 Å². The van der Waals surface area contributed by atoms with Gasteiger partial charge in [-0.05, 0) is 32.9 Å². The SMILES string of the molecule is CC(NC(=O)N(C)CCN1CCCC1)C(=O)O. The third-order valence-electron chi connectivity index (χ3n) is 3.01. The van der Waals surface area contributed by atoms with E-state index in [1.54, 1.807) is 7.05 Å². The molecule has 0 radical (unpaired) electrons. The van der Waals surface area contributed by atoms with Crippen LogP contribution >= 0.6 is 0 Å². The van der Waals surface area contributed by atoms with Gasteiger partial charge in [0.05, 0.1) is 0 Å². The second-order valence-corrected chi connectivity index (χ2v) is 4.48. The van der Waals surface area contributed by atoms with Gasteiger partial charge >= 0.3 is 12.0 Å². The summed E-state index contributed by atoms with van der Waals surface area (Å²) in [6, 6.07) is -1.18. The number of rotatable bonds is 5. The van der Waals surface area contributed by atoms with Gasteiger partial charge in [0.25, 0.3) is 0 Å². The average Bonchev–Trinajstić information content (AvgIpc) is 2.78. The van der Waals surface area contributed by atoms with Crippen molar-refractivity contribution in [3.05, 3.63) is 0 Å². The Kier molecular flexibility index (Phi) is 5.21. The molecule has 0 aliphatic carbocycles. The van der Waals surface area contributed by atoms with Crippen LogP contribution in [0.15, 0.2) is 0 Å². The Morgan fingerprint density at radius 2 is 2.00 bits per heavy atom. The van der Waals surface area contributed by atoms with E-state index in [2.05, 4.69) is 10.2 Å². The van der Waals surface area contributed by atoms with Gasteiger partial charge in [0.1, 0.15) is 6.04 Å². The average molecular weight is 243 g/mol. The van der Waals surface area contributed by atoms with Gasteiger partial charge in [-0.15, -0.1) is 0 Å². The molecule has 0 bridgehead atoms. The molecule has 1 saturated heterocycles. The van der Waals surface area contributed by atoms with Crippen molar-refractivity contribution in [2.75, 3.05) is 33.2 Å². The summed E-state index contributed by atoms with van der Waals surface area (Å²) in [6.07, 6.45) is 2.46. The number of amides is 2. The van der Waals surface area contributed by atoms with Crippen molar-refractivity contribution in [1.82, 2.24) is 15.1 Å². The summed E-state index contributed by atoms with van der Waals surface area (Å²) in [5.41, 5.74) is 0. The van der Waals surface area contributed by atoms with Crippen molar-refractivity contribution >= 4 is 12.0 Å². The van der Waals surface area contributed by atoms with Crippen molar-refractivity contribution in [3.63, 3.8) is 0 Å². The van der Waals surface area contributed by atoms with Gasteiger partial charge in [0, 0.05) is 20.1 Å². The van der Waals surface area contributed by atoms with E-state index >= 15 is 0 Å². The fourth-order valence-electron chi connectivity index (χ4n) is 1.76. The van der Waals surface area contributed by atoms with Gasteiger partial charge in [-0.3, -0.25) is 4.79 Å². The molecule has 0 aromatic heterocycles. The van der Waals surface area contributed by atoms with Gasteiger partial charge in [-0.25, -0.2) is 4.79 Å². The normalized spacial score (nSPS) is 17.8. The first-order valence-corrected chi connectivity index (χ1v) is 5.97. The molecular formula is C11H21N3O3. The van der Waals surface area contributed by atoms with E-state index in [-0.39, 0.29) is 6.03 Å². The number of carbonyl (C=O) groups is 2. The first-order valence-electron chi connectivity index (χ1n) is 5.97. The highest BCUT2D eigenvalue weighted by atomic mass is 16.4. The molecule has 1 aliphatic heterocycles. The second kappa shape index (κ2) is 6.44. The second-order valence-electron chi connectivity index (χ2n) is 4.48. The molecule has 0 aromatic rings. The summed E-state index contributed by atoms with van der Waals surface area (Å²) in [4.78, 5) is 26.0. The summed E-state index contributed by atoms with van der Waals surface area (Å²) in [6.45, 7) is 5.13. The Balaban J connectivity index is 2.23. The molecule has 6 heteroatoms. The van der Waals surface area contributed by atoms with Gasteiger partial charge < -0.3 is 20.2 Å². The molecule has 98 valence electrons. The number of carbonyl (C=O) groups excluding carboxylic acids is 1. The van der Waals surface area contributed by atoms with Crippen molar-refractivity contribution in [2.45, 2.75) is 25.8 Å². The van der Waals surface area contributed by atoms with Crippen LogP contribution in [-0.4, -0.2) is 66.2 Å². The lowest BCUT2D eigenvalue weighted by Gasteiger charge is -2.22. The molecule has 6 nitrogen and oxygen atoms in total. The molecule has 17 heavy (non-hydrogen) atoms. The number of urea groups is 1. The molecule has 1 unspecified atom stereocenters. The number of likely N-dealkylation sites (N-methyl/N-ethyl adjacent to an activating group) is 1. The molecule has 0 spiro atoms. The number of carboxylic acids is 1. The Hall–Kier alpha value is -1.30. The molecule has 0 aromatic carbocycles. The quantitative estimate of drug-likeness (QED) is 0.723. The van der Waals surface area contributed by atoms with E-state index in [4.69, 9.17) is 5.11 Å². The minimum atomic E-state index is -1.02. The van der Waals surface area contributed by atoms with E-state index in [0.29, 0.717) is 6.54 Å². The Morgan fingerprint density at radius 3 is 2.53 bits per heavy atom. The summed E-state index contributed by atoms with van der Waals surface area (Å²) in [5.74, 6) is -1.02. The summed E-state index contributed by atoms with van der Waals surface area (Å²) >= 11 is 0.